The minimum absolute atomic E-state index is 0.0197. The standard InChI is InChI=1S/C13H25NO2/c1-10-12(7-9-16-10)14-8-3-5-11-4-2-6-13(11)15/h10-15H,2-9H2,1H3. The molecule has 2 aliphatic rings. The van der Waals surface area contributed by atoms with Crippen molar-refractivity contribution >= 4 is 0 Å². The van der Waals surface area contributed by atoms with Crippen LogP contribution in [0.15, 0.2) is 0 Å². The fourth-order valence-electron chi connectivity index (χ4n) is 3.01. The van der Waals surface area contributed by atoms with Gasteiger partial charge < -0.3 is 15.2 Å². The lowest BCUT2D eigenvalue weighted by Gasteiger charge is -2.18. The van der Waals surface area contributed by atoms with Crippen LogP contribution >= 0.6 is 0 Å². The lowest BCUT2D eigenvalue weighted by molar-refractivity contribution is 0.112. The molecule has 3 heteroatoms. The molecule has 0 bridgehead atoms. The van der Waals surface area contributed by atoms with Crippen LogP contribution < -0.4 is 5.32 Å². The highest BCUT2D eigenvalue weighted by Gasteiger charge is 2.25. The molecule has 1 aliphatic carbocycles. The minimum Gasteiger partial charge on any atom is -0.393 e. The molecule has 0 radical (unpaired) electrons. The average Bonchev–Trinajstić information content (AvgIpc) is 2.84. The predicted octanol–water partition coefficient (Wildman–Crippen LogP) is 1.69. The molecule has 0 spiro atoms. The lowest BCUT2D eigenvalue weighted by Crippen LogP contribution is -2.35. The Morgan fingerprint density at radius 2 is 2.19 bits per heavy atom. The number of rotatable bonds is 5. The van der Waals surface area contributed by atoms with Crippen molar-refractivity contribution in [3.8, 4) is 0 Å². The van der Waals surface area contributed by atoms with E-state index in [0.717, 1.165) is 26.0 Å². The number of hydrogen-bond acceptors (Lipinski definition) is 3. The summed E-state index contributed by atoms with van der Waals surface area (Å²) in [7, 11) is 0. The maximum atomic E-state index is 9.70. The number of aliphatic hydroxyl groups is 1. The predicted molar refractivity (Wildman–Crippen MR) is 64.4 cm³/mol. The number of nitrogens with one attached hydrogen (secondary N) is 1. The zero-order valence-corrected chi connectivity index (χ0v) is 10.3. The first kappa shape index (κ1) is 12.3. The second kappa shape index (κ2) is 5.99. The minimum atomic E-state index is -0.0197. The lowest BCUT2D eigenvalue weighted by atomic mass is 9.99. The first-order valence-electron chi connectivity index (χ1n) is 6.80. The van der Waals surface area contributed by atoms with Crippen LogP contribution in [0, 0.1) is 5.92 Å². The molecule has 3 nitrogen and oxygen atoms in total. The summed E-state index contributed by atoms with van der Waals surface area (Å²) < 4.78 is 5.51. The summed E-state index contributed by atoms with van der Waals surface area (Å²) in [6, 6.07) is 0.550. The summed E-state index contributed by atoms with van der Waals surface area (Å²) in [4.78, 5) is 0. The molecule has 4 atom stereocenters. The quantitative estimate of drug-likeness (QED) is 0.702. The van der Waals surface area contributed by atoms with Crippen molar-refractivity contribution in [3.63, 3.8) is 0 Å². The van der Waals surface area contributed by atoms with E-state index >= 15 is 0 Å². The summed E-state index contributed by atoms with van der Waals surface area (Å²) in [5.74, 6) is 0.569. The monoisotopic (exact) mass is 227 g/mol. The van der Waals surface area contributed by atoms with Crippen molar-refractivity contribution in [1.29, 1.82) is 0 Å². The highest BCUT2D eigenvalue weighted by atomic mass is 16.5. The van der Waals surface area contributed by atoms with Gasteiger partial charge in [-0.25, -0.2) is 0 Å². The third-order valence-corrected chi connectivity index (χ3v) is 4.15. The van der Waals surface area contributed by atoms with E-state index in [-0.39, 0.29) is 6.10 Å². The topological polar surface area (TPSA) is 41.5 Å². The Bertz CT molecular complexity index is 188. The molecule has 0 aromatic heterocycles. The normalized spacial score (nSPS) is 39.4. The van der Waals surface area contributed by atoms with Crippen molar-refractivity contribution in [2.24, 2.45) is 5.92 Å². The van der Waals surface area contributed by atoms with Gasteiger partial charge in [0.25, 0.3) is 0 Å². The third-order valence-electron chi connectivity index (χ3n) is 4.15. The number of ether oxygens (including phenoxy) is 1. The third kappa shape index (κ3) is 3.19. The Morgan fingerprint density at radius 3 is 2.81 bits per heavy atom. The summed E-state index contributed by atoms with van der Waals surface area (Å²) in [5.41, 5.74) is 0. The zero-order chi connectivity index (χ0) is 11.4. The molecule has 0 aromatic carbocycles. The van der Waals surface area contributed by atoms with Crippen molar-refractivity contribution in [2.75, 3.05) is 13.2 Å². The summed E-state index contributed by atoms with van der Waals surface area (Å²) in [6.07, 6.45) is 7.32. The van der Waals surface area contributed by atoms with Crippen LogP contribution in [0.3, 0.4) is 0 Å². The maximum Gasteiger partial charge on any atom is 0.0700 e. The van der Waals surface area contributed by atoms with Gasteiger partial charge in [-0.3, -0.25) is 0 Å². The fraction of sp³-hybridized carbons (Fsp3) is 1.00. The number of hydrogen-bond donors (Lipinski definition) is 2. The van der Waals surface area contributed by atoms with Crippen molar-refractivity contribution < 1.29 is 9.84 Å². The van der Waals surface area contributed by atoms with E-state index in [2.05, 4.69) is 12.2 Å². The Labute approximate surface area is 98.6 Å². The average molecular weight is 227 g/mol. The second-order valence-electron chi connectivity index (χ2n) is 5.33. The van der Waals surface area contributed by atoms with Gasteiger partial charge in [-0.05, 0) is 51.5 Å². The largest absolute Gasteiger partial charge is 0.393 e. The van der Waals surface area contributed by atoms with E-state index in [9.17, 15) is 5.11 Å². The Morgan fingerprint density at radius 1 is 1.31 bits per heavy atom. The molecule has 2 N–H and O–H groups in total. The summed E-state index contributed by atoms with van der Waals surface area (Å²) in [6.45, 7) is 4.12. The van der Waals surface area contributed by atoms with Crippen molar-refractivity contribution in [1.82, 2.24) is 5.32 Å². The molecular formula is C13H25NO2. The first-order chi connectivity index (χ1) is 7.77. The second-order valence-corrected chi connectivity index (χ2v) is 5.33. The van der Waals surface area contributed by atoms with E-state index < -0.39 is 0 Å². The SMILES string of the molecule is CC1OCCC1NCCCC1CCCC1O. The molecule has 16 heavy (non-hydrogen) atoms. The van der Waals surface area contributed by atoms with Gasteiger partial charge in [-0.15, -0.1) is 0 Å². The Balaban J connectivity index is 1.54. The number of aliphatic hydroxyl groups excluding tert-OH is 1. The van der Waals surface area contributed by atoms with Crippen LogP contribution in [0.2, 0.25) is 0 Å². The highest BCUT2D eigenvalue weighted by molar-refractivity contribution is 4.80. The smallest absolute Gasteiger partial charge is 0.0700 e. The van der Waals surface area contributed by atoms with E-state index in [1.54, 1.807) is 0 Å². The zero-order valence-electron chi connectivity index (χ0n) is 10.3. The molecule has 1 saturated heterocycles. The molecule has 1 aliphatic heterocycles. The van der Waals surface area contributed by atoms with Crippen LogP contribution in [0.1, 0.15) is 45.4 Å². The van der Waals surface area contributed by atoms with E-state index in [1.807, 2.05) is 0 Å². The fourth-order valence-corrected chi connectivity index (χ4v) is 3.01. The maximum absolute atomic E-state index is 9.70. The van der Waals surface area contributed by atoms with Gasteiger partial charge in [0.2, 0.25) is 0 Å². The van der Waals surface area contributed by atoms with Crippen LogP contribution in [-0.4, -0.2) is 36.5 Å². The van der Waals surface area contributed by atoms with Gasteiger partial charge >= 0.3 is 0 Å². The first-order valence-corrected chi connectivity index (χ1v) is 6.80. The van der Waals surface area contributed by atoms with E-state index in [1.165, 1.54) is 25.7 Å². The summed E-state index contributed by atoms with van der Waals surface area (Å²) >= 11 is 0. The van der Waals surface area contributed by atoms with E-state index in [0.29, 0.717) is 18.1 Å². The molecular weight excluding hydrogens is 202 g/mol. The van der Waals surface area contributed by atoms with Gasteiger partial charge in [-0.2, -0.15) is 0 Å². The van der Waals surface area contributed by atoms with Crippen molar-refractivity contribution in [2.45, 2.75) is 63.7 Å². The molecule has 0 aromatic rings. The Hall–Kier alpha value is -0.120. The van der Waals surface area contributed by atoms with Crippen LogP contribution in [0.5, 0.6) is 0 Å². The highest BCUT2D eigenvalue weighted by Crippen LogP contribution is 2.29. The van der Waals surface area contributed by atoms with Gasteiger partial charge in [0.15, 0.2) is 0 Å². The molecule has 0 amide bonds. The van der Waals surface area contributed by atoms with Gasteiger partial charge in [0.05, 0.1) is 12.2 Å². The molecule has 1 heterocycles. The molecule has 2 fully saturated rings. The van der Waals surface area contributed by atoms with Crippen LogP contribution in [0.25, 0.3) is 0 Å². The molecule has 2 rings (SSSR count). The van der Waals surface area contributed by atoms with E-state index in [4.69, 9.17) is 4.74 Å². The van der Waals surface area contributed by atoms with Gasteiger partial charge in [0, 0.05) is 12.6 Å². The molecule has 4 unspecified atom stereocenters. The summed E-state index contributed by atoms with van der Waals surface area (Å²) in [5, 5.41) is 13.3. The van der Waals surface area contributed by atoms with Crippen LogP contribution in [0.4, 0.5) is 0 Å². The van der Waals surface area contributed by atoms with Gasteiger partial charge in [-0.1, -0.05) is 6.42 Å². The molecule has 1 saturated carbocycles. The van der Waals surface area contributed by atoms with Crippen LogP contribution in [-0.2, 0) is 4.74 Å². The van der Waals surface area contributed by atoms with Gasteiger partial charge in [0.1, 0.15) is 0 Å². The molecule has 94 valence electrons. The Kier molecular flexibility index (Phi) is 4.62. The van der Waals surface area contributed by atoms with Crippen molar-refractivity contribution in [3.05, 3.63) is 0 Å².